The van der Waals surface area contributed by atoms with Gasteiger partial charge in [-0.1, -0.05) is 25.7 Å². The van der Waals surface area contributed by atoms with E-state index in [1.807, 2.05) is 0 Å². The van der Waals surface area contributed by atoms with E-state index in [1.54, 1.807) is 12.4 Å². The molecule has 1 aromatic heterocycles. The highest BCUT2D eigenvalue weighted by atomic mass is 35.5. The van der Waals surface area contributed by atoms with Crippen molar-refractivity contribution in [1.29, 1.82) is 0 Å². The summed E-state index contributed by atoms with van der Waals surface area (Å²) in [5.41, 5.74) is 2.10. The van der Waals surface area contributed by atoms with Gasteiger partial charge in [-0.05, 0) is 31.4 Å². The van der Waals surface area contributed by atoms with E-state index in [0.717, 1.165) is 31.2 Å². The first kappa shape index (κ1) is 23.6. The topological polar surface area (TPSA) is 90.4 Å². The summed E-state index contributed by atoms with van der Waals surface area (Å²) in [4.78, 5) is 22.1. The van der Waals surface area contributed by atoms with Crippen molar-refractivity contribution >= 4 is 42.6 Å². The van der Waals surface area contributed by atoms with Gasteiger partial charge in [-0.2, -0.15) is 0 Å². The lowest BCUT2D eigenvalue weighted by atomic mass is 10.0. The quantitative estimate of drug-likeness (QED) is 0.358. The van der Waals surface area contributed by atoms with Crippen molar-refractivity contribution in [2.75, 3.05) is 25.0 Å². The number of hydrogen-bond donors (Lipinski definition) is 3. The van der Waals surface area contributed by atoms with Gasteiger partial charge in [0.15, 0.2) is 0 Å². The predicted octanol–water partition coefficient (Wildman–Crippen LogP) is 2.91. The van der Waals surface area contributed by atoms with Crippen molar-refractivity contribution in [3.05, 3.63) is 24.2 Å². The van der Waals surface area contributed by atoms with Gasteiger partial charge in [0.05, 0.1) is 18.1 Å². The van der Waals surface area contributed by atoms with Gasteiger partial charge in [0.2, 0.25) is 0 Å². The molecule has 0 bridgehead atoms. The van der Waals surface area contributed by atoms with E-state index in [2.05, 4.69) is 20.2 Å². The summed E-state index contributed by atoms with van der Waals surface area (Å²) >= 11 is 0. The Bertz CT molecular complexity index is 594. The van der Waals surface area contributed by atoms with Crippen LogP contribution in [0, 0.1) is 5.92 Å². The molecule has 1 amide bonds. The van der Waals surface area contributed by atoms with E-state index < -0.39 is 5.91 Å². The van der Waals surface area contributed by atoms with Gasteiger partial charge in [-0.15, -0.1) is 24.8 Å². The molecule has 3 rings (SSSR count). The van der Waals surface area contributed by atoms with Gasteiger partial charge in [0.1, 0.15) is 5.82 Å². The molecular weight excluding hydrogens is 389 g/mol. The van der Waals surface area contributed by atoms with E-state index in [-0.39, 0.29) is 24.8 Å². The second kappa shape index (κ2) is 12.1. The summed E-state index contributed by atoms with van der Waals surface area (Å²) in [7, 11) is 0. The Hall–Kier alpha value is -1.41. The average Bonchev–Trinajstić information content (AvgIpc) is 3.31. The summed E-state index contributed by atoms with van der Waals surface area (Å²) < 4.78 is 0. The smallest absolute Gasteiger partial charge is 0.267 e. The Morgan fingerprint density at radius 3 is 2.67 bits per heavy atom. The Morgan fingerprint density at radius 1 is 1.22 bits per heavy atom. The predicted molar refractivity (Wildman–Crippen MR) is 111 cm³/mol. The van der Waals surface area contributed by atoms with E-state index in [1.165, 1.54) is 56.3 Å². The van der Waals surface area contributed by atoms with Crippen LogP contribution in [0.1, 0.15) is 44.2 Å². The fraction of sp³-hybridized carbons (Fsp3) is 0.611. The van der Waals surface area contributed by atoms with Crippen LogP contribution in [0.4, 0.5) is 5.82 Å². The van der Waals surface area contributed by atoms with Crippen LogP contribution >= 0.6 is 24.8 Å². The van der Waals surface area contributed by atoms with Gasteiger partial charge in [0, 0.05) is 25.2 Å². The molecule has 27 heavy (non-hydrogen) atoms. The minimum Gasteiger partial charge on any atom is -0.365 e. The van der Waals surface area contributed by atoms with E-state index in [9.17, 15) is 4.79 Å². The molecule has 2 heterocycles. The zero-order valence-corrected chi connectivity index (χ0v) is 17.0. The minimum atomic E-state index is -0.590. The normalized spacial score (nSPS) is 20.3. The van der Waals surface area contributed by atoms with Crippen LogP contribution in [-0.4, -0.2) is 51.7 Å². The number of anilines is 1. The van der Waals surface area contributed by atoms with Gasteiger partial charge < -0.3 is 10.2 Å². The Morgan fingerprint density at radius 2 is 2.00 bits per heavy atom. The Kier molecular flexibility index (Phi) is 10.6. The maximum Gasteiger partial charge on any atom is 0.267 e. The van der Waals surface area contributed by atoms with Crippen molar-refractivity contribution in [3.8, 4) is 0 Å². The van der Waals surface area contributed by atoms with Crippen LogP contribution in [0.15, 0.2) is 18.5 Å². The van der Waals surface area contributed by atoms with Crippen molar-refractivity contribution in [2.45, 2.75) is 44.6 Å². The molecule has 152 valence electrons. The molecule has 3 N–H and O–H groups in total. The molecule has 2 aliphatic rings. The number of carbonyl (C=O) groups excluding carboxylic acids is 1. The minimum absolute atomic E-state index is 0. The first-order chi connectivity index (χ1) is 12.2. The third-order valence-corrected chi connectivity index (χ3v) is 5.14. The molecule has 1 saturated heterocycles. The number of hydrogen-bond acceptors (Lipinski definition) is 6. The van der Waals surface area contributed by atoms with Crippen molar-refractivity contribution in [3.63, 3.8) is 0 Å². The number of aromatic nitrogens is 2. The molecule has 1 aromatic rings. The van der Waals surface area contributed by atoms with Crippen molar-refractivity contribution in [1.82, 2.24) is 20.3 Å². The first-order valence-corrected chi connectivity index (χ1v) is 9.16. The molecule has 0 aromatic carbocycles. The number of halogens is 2. The molecule has 1 atom stereocenters. The van der Waals surface area contributed by atoms with E-state index in [4.69, 9.17) is 5.21 Å². The van der Waals surface area contributed by atoms with E-state index >= 15 is 0 Å². The molecule has 1 aliphatic heterocycles. The number of hydroxylamine groups is 1. The van der Waals surface area contributed by atoms with Crippen LogP contribution in [0.3, 0.4) is 0 Å². The maximum atomic E-state index is 10.9. The van der Waals surface area contributed by atoms with Gasteiger partial charge in [-0.3, -0.25) is 15.0 Å². The second-order valence-electron chi connectivity index (χ2n) is 7.01. The molecule has 1 saturated carbocycles. The number of likely N-dealkylation sites (tertiary alicyclic amines) is 1. The lowest BCUT2D eigenvalue weighted by molar-refractivity contribution is -0.124. The molecular formula is C18H29Cl2N5O2. The number of amides is 1. The van der Waals surface area contributed by atoms with Crippen molar-refractivity contribution in [2.24, 2.45) is 5.92 Å². The average molecular weight is 418 g/mol. The summed E-state index contributed by atoms with van der Waals surface area (Å²) in [6, 6.07) is 0.416. The maximum absolute atomic E-state index is 10.9. The fourth-order valence-corrected chi connectivity index (χ4v) is 3.72. The van der Waals surface area contributed by atoms with Crippen LogP contribution < -0.4 is 10.8 Å². The summed E-state index contributed by atoms with van der Waals surface area (Å²) in [6.45, 7) is 3.42. The Balaban J connectivity index is 0.00000182. The Labute approximate surface area is 172 Å². The highest BCUT2D eigenvalue weighted by Crippen LogP contribution is 2.28. The third-order valence-electron chi connectivity index (χ3n) is 5.14. The fourth-order valence-electron chi connectivity index (χ4n) is 3.72. The summed E-state index contributed by atoms with van der Waals surface area (Å²) in [6.07, 6.45) is 14.1. The molecule has 1 aliphatic carbocycles. The molecule has 0 radical (unpaired) electrons. The van der Waals surface area contributed by atoms with E-state index in [0.29, 0.717) is 11.7 Å². The second-order valence-corrected chi connectivity index (χ2v) is 7.01. The monoisotopic (exact) mass is 417 g/mol. The number of rotatable bonds is 7. The lowest BCUT2D eigenvalue weighted by Crippen LogP contribution is -2.28. The molecule has 0 spiro atoms. The highest BCUT2D eigenvalue weighted by molar-refractivity contribution is 5.90. The van der Waals surface area contributed by atoms with Crippen LogP contribution in [-0.2, 0) is 4.79 Å². The summed E-state index contributed by atoms with van der Waals surface area (Å²) in [5, 5.41) is 11.9. The van der Waals surface area contributed by atoms with Gasteiger partial charge >= 0.3 is 0 Å². The highest BCUT2D eigenvalue weighted by Gasteiger charge is 2.24. The number of carbonyl (C=O) groups is 1. The van der Waals surface area contributed by atoms with Gasteiger partial charge in [-0.25, -0.2) is 10.5 Å². The van der Waals surface area contributed by atoms with Crippen LogP contribution in [0.2, 0.25) is 0 Å². The molecule has 2 fully saturated rings. The summed E-state index contributed by atoms with van der Waals surface area (Å²) in [5.74, 6) is 1.12. The zero-order chi connectivity index (χ0) is 17.5. The van der Waals surface area contributed by atoms with Crippen LogP contribution in [0.5, 0.6) is 0 Å². The standard InChI is InChI=1S/C18H27N5O2.2ClH/c24-18(22-25)6-5-15-11-20-17(12-19-15)21-16-8-10-23(13-16)9-7-14-3-1-2-4-14;;/h5-6,11-12,14,16,25H,1-4,7-10,13H2,(H,20,21)(H,22,24);2*1H/b6-5+;;. The van der Waals surface area contributed by atoms with Gasteiger partial charge in [0.25, 0.3) is 5.91 Å². The first-order valence-electron chi connectivity index (χ1n) is 9.16. The number of nitrogens with zero attached hydrogens (tertiary/aromatic N) is 3. The largest absolute Gasteiger partial charge is 0.365 e. The lowest BCUT2D eigenvalue weighted by Gasteiger charge is -2.19. The van der Waals surface area contributed by atoms with Crippen LogP contribution in [0.25, 0.3) is 6.08 Å². The number of nitrogens with one attached hydrogen (secondary N) is 2. The molecule has 1 unspecified atom stereocenters. The SMILES string of the molecule is Cl.Cl.O=C(/C=C/c1cnc(NC2CCN(CCC3CCCC3)C2)cn1)NO. The molecule has 9 heteroatoms. The van der Waals surface area contributed by atoms with Crippen molar-refractivity contribution < 1.29 is 10.0 Å². The third kappa shape index (κ3) is 7.62. The zero-order valence-electron chi connectivity index (χ0n) is 15.3. The molecule has 7 nitrogen and oxygen atoms in total.